The second-order valence-electron chi connectivity index (χ2n) is 4.58. The summed E-state index contributed by atoms with van der Waals surface area (Å²) in [4.78, 5) is 34.5. The van der Waals surface area contributed by atoms with Crippen molar-refractivity contribution in [2.45, 2.75) is 0 Å². The third kappa shape index (κ3) is 4.63. The molecule has 0 aliphatic carbocycles. The number of urea groups is 1. The number of primary amides is 1. The molecule has 0 saturated heterocycles. The molecule has 118 valence electrons. The van der Waals surface area contributed by atoms with Gasteiger partial charge in [-0.2, -0.15) is 0 Å². The second-order valence-corrected chi connectivity index (χ2v) is 4.58. The van der Waals surface area contributed by atoms with Crippen molar-refractivity contribution in [3.63, 3.8) is 0 Å². The van der Waals surface area contributed by atoms with Crippen LogP contribution in [0.15, 0.2) is 48.5 Å². The lowest BCUT2D eigenvalue weighted by atomic mass is 10.1. The molecule has 0 saturated carbocycles. The van der Waals surface area contributed by atoms with Crippen LogP contribution in [0.1, 0.15) is 20.7 Å². The highest BCUT2D eigenvalue weighted by Crippen LogP contribution is 2.12. The van der Waals surface area contributed by atoms with E-state index in [9.17, 15) is 18.8 Å². The van der Waals surface area contributed by atoms with Crippen molar-refractivity contribution in [2.75, 3.05) is 11.9 Å². The van der Waals surface area contributed by atoms with E-state index in [1.807, 2.05) is 0 Å². The Hall–Kier alpha value is -3.22. The Bertz CT molecular complexity index is 761. The van der Waals surface area contributed by atoms with Crippen molar-refractivity contribution in [1.29, 1.82) is 0 Å². The molecule has 0 fully saturated rings. The minimum atomic E-state index is -0.767. The Labute approximate surface area is 131 Å². The van der Waals surface area contributed by atoms with E-state index < -0.39 is 30.2 Å². The third-order valence-corrected chi connectivity index (χ3v) is 2.85. The Kier molecular flexibility index (Phi) is 5.03. The van der Waals surface area contributed by atoms with Crippen LogP contribution in [-0.4, -0.2) is 24.4 Å². The van der Waals surface area contributed by atoms with Crippen molar-refractivity contribution in [2.24, 2.45) is 5.73 Å². The van der Waals surface area contributed by atoms with Crippen LogP contribution in [-0.2, 0) is 4.74 Å². The molecule has 23 heavy (non-hydrogen) atoms. The minimum absolute atomic E-state index is 0.113. The van der Waals surface area contributed by atoms with Crippen LogP contribution in [0.2, 0.25) is 0 Å². The number of nitrogens with two attached hydrogens (primary N) is 1. The van der Waals surface area contributed by atoms with Crippen LogP contribution in [0.3, 0.4) is 0 Å². The molecular formula is C16H13FN2O4. The number of esters is 1. The summed E-state index contributed by atoms with van der Waals surface area (Å²) in [7, 11) is 0. The zero-order valence-corrected chi connectivity index (χ0v) is 11.9. The first-order chi connectivity index (χ1) is 11.0. The molecule has 6 nitrogen and oxygen atoms in total. The van der Waals surface area contributed by atoms with Crippen LogP contribution < -0.4 is 11.1 Å². The molecule has 2 rings (SSSR count). The SMILES string of the molecule is NC(=O)Nc1cccc(C(=O)OCC(=O)c2cccc(F)c2)c1. The van der Waals surface area contributed by atoms with E-state index in [1.165, 1.54) is 36.4 Å². The molecule has 0 bridgehead atoms. The first-order valence-corrected chi connectivity index (χ1v) is 6.58. The van der Waals surface area contributed by atoms with Gasteiger partial charge >= 0.3 is 12.0 Å². The van der Waals surface area contributed by atoms with Crippen molar-refractivity contribution < 1.29 is 23.5 Å². The number of carbonyl (C=O) groups excluding carboxylic acids is 3. The number of hydrogen-bond donors (Lipinski definition) is 2. The second kappa shape index (κ2) is 7.17. The molecule has 0 aromatic heterocycles. The molecule has 2 amide bonds. The average molecular weight is 316 g/mol. The van der Waals surface area contributed by atoms with Crippen LogP contribution >= 0.6 is 0 Å². The zero-order chi connectivity index (χ0) is 16.8. The molecule has 2 aromatic rings. The van der Waals surface area contributed by atoms with Gasteiger partial charge in [0, 0.05) is 11.3 Å². The Morgan fingerprint density at radius 2 is 1.74 bits per heavy atom. The fourth-order valence-electron chi connectivity index (χ4n) is 1.83. The van der Waals surface area contributed by atoms with Gasteiger partial charge in [-0.1, -0.05) is 18.2 Å². The van der Waals surface area contributed by atoms with E-state index in [-0.39, 0.29) is 11.1 Å². The summed E-state index contributed by atoms with van der Waals surface area (Å²) in [5.74, 6) is -1.82. The summed E-state index contributed by atoms with van der Waals surface area (Å²) in [5, 5.41) is 2.32. The van der Waals surface area contributed by atoms with Crippen molar-refractivity contribution in [3.05, 3.63) is 65.5 Å². The van der Waals surface area contributed by atoms with Crippen LogP contribution in [0, 0.1) is 5.82 Å². The van der Waals surface area contributed by atoms with Crippen molar-refractivity contribution in [3.8, 4) is 0 Å². The number of hydrogen-bond acceptors (Lipinski definition) is 4. The summed E-state index contributed by atoms with van der Waals surface area (Å²) in [6.07, 6.45) is 0. The van der Waals surface area contributed by atoms with Crippen LogP contribution in [0.25, 0.3) is 0 Å². The number of amides is 2. The summed E-state index contributed by atoms with van der Waals surface area (Å²) in [6, 6.07) is 10.2. The number of Topliss-reactive ketones (excluding diaryl/α,β-unsaturated/α-hetero) is 1. The van der Waals surface area contributed by atoms with Gasteiger partial charge in [-0.3, -0.25) is 4.79 Å². The summed E-state index contributed by atoms with van der Waals surface area (Å²) in [5.41, 5.74) is 5.56. The molecule has 0 atom stereocenters. The first-order valence-electron chi connectivity index (χ1n) is 6.58. The summed E-state index contributed by atoms with van der Waals surface area (Å²) < 4.78 is 17.9. The van der Waals surface area contributed by atoms with E-state index >= 15 is 0 Å². The maximum atomic E-state index is 13.0. The van der Waals surface area contributed by atoms with Gasteiger partial charge < -0.3 is 15.8 Å². The highest BCUT2D eigenvalue weighted by Gasteiger charge is 2.13. The topological polar surface area (TPSA) is 98.5 Å². The number of anilines is 1. The molecule has 0 unspecified atom stereocenters. The smallest absolute Gasteiger partial charge is 0.338 e. The maximum Gasteiger partial charge on any atom is 0.338 e. The van der Waals surface area contributed by atoms with Crippen LogP contribution in [0.4, 0.5) is 14.9 Å². The lowest BCUT2D eigenvalue weighted by Gasteiger charge is -2.06. The molecule has 0 radical (unpaired) electrons. The molecule has 0 heterocycles. The Morgan fingerprint density at radius 1 is 1.04 bits per heavy atom. The van der Waals surface area contributed by atoms with E-state index in [0.717, 1.165) is 6.07 Å². The first kappa shape index (κ1) is 16.2. The summed E-state index contributed by atoms with van der Waals surface area (Å²) in [6.45, 7) is -0.518. The van der Waals surface area contributed by atoms with Crippen molar-refractivity contribution in [1.82, 2.24) is 0 Å². The number of carbonyl (C=O) groups is 3. The third-order valence-electron chi connectivity index (χ3n) is 2.85. The van der Waals surface area contributed by atoms with E-state index in [4.69, 9.17) is 10.5 Å². The highest BCUT2D eigenvalue weighted by molar-refractivity contribution is 5.99. The maximum absolute atomic E-state index is 13.0. The molecule has 0 spiro atoms. The van der Waals surface area contributed by atoms with Crippen LogP contribution in [0.5, 0.6) is 0 Å². The largest absolute Gasteiger partial charge is 0.454 e. The zero-order valence-electron chi connectivity index (χ0n) is 11.9. The predicted octanol–water partition coefficient (Wildman–Crippen LogP) is 2.36. The van der Waals surface area contributed by atoms with Gasteiger partial charge in [0.1, 0.15) is 5.82 Å². The van der Waals surface area contributed by atoms with Gasteiger partial charge in [-0.05, 0) is 30.3 Å². The number of halogens is 1. The van der Waals surface area contributed by atoms with Crippen molar-refractivity contribution >= 4 is 23.5 Å². The van der Waals surface area contributed by atoms with Gasteiger partial charge in [0.15, 0.2) is 12.4 Å². The fraction of sp³-hybridized carbons (Fsp3) is 0.0625. The molecule has 2 aromatic carbocycles. The van der Waals surface area contributed by atoms with Gasteiger partial charge in [0.2, 0.25) is 0 Å². The molecule has 0 aliphatic rings. The van der Waals surface area contributed by atoms with E-state index in [1.54, 1.807) is 6.07 Å². The normalized spacial score (nSPS) is 9.96. The Balaban J connectivity index is 1.99. The standard InChI is InChI=1S/C16H13FN2O4/c17-12-5-1-3-10(7-12)14(20)9-23-15(21)11-4-2-6-13(8-11)19-16(18)22/h1-8H,9H2,(H3,18,19,22). The van der Waals surface area contributed by atoms with Gasteiger partial charge in [0.05, 0.1) is 5.56 Å². The summed E-state index contributed by atoms with van der Waals surface area (Å²) >= 11 is 0. The molecule has 0 aliphatic heterocycles. The fourth-order valence-corrected chi connectivity index (χ4v) is 1.83. The number of nitrogens with one attached hydrogen (secondary N) is 1. The lowest BCUT2D eigenvalue weighted by molar-refractivity contribution is 0.0474. The quantitative estimate of drug-likeness (QED) is 0.653. The minimum Gasteiger partial charge on any atom is -0.454 e. The monoisotopic (exact) mass is 316 g/mol. The van der Waals surface area contributed by atoms with Gasteiger partial charge in [-0.25, -0.2) is 14.0 Å². The Morgan fingerprint density at radius 3 is 2.43 bits per heavy atom. The van der Waals surface area contributed by atoms with E-state index in [0.29, 0.717) is 5.69 Å². The molecular weight excluding hydrogens is 303 g/mol. The number of benzene rings is 2. The van der Waals surface area contributed by atoms with Gasteiger partial charge in [0.25, 0.3) is 0 Å². The average Bonchev–Trinajstić information content (AvgIpc) is 2.52. The molecule has 3 N–H and O–H groups in total. The van der Waals surface area contributed by atoms with E-state index in [2.05, 4.69) is 5.32 Å². The number of rotatable bonds is 5. The number of ketones is 1. The predicted molar refractivity (Wildman–Crippen MR) is 80.7 cm³/mol. The number of ether oxygens (including phenoxy) is 1. The molecule has 7 heteroatoms. The van der Waals surface area contributed by atoms with Gasteiger partial charge in [-0.15, -0.1) is 0 Å². The highest BCUT2D eigenvalue weighted by atomic mass is 19.1. The lowest BCUT2D eigenvalue weighted by Crippen LogP contribution is -2.19.